The summed E-state index contributed by atoms with van der Waals surface area (Å²) in [6.45, 7) is 2.34. The smallest absolute Gasteiger partial charge is 0.251 e. The number of nitrogens with zero attached hydrogens (tertiary/aromatic N) is 4. The molecule has 1 aromatic carbocycles. The van der Waals surface area contributed by atoms with Crippen LogP contribution < -0.4 is 5.43 Å². The van der Waals surface area contributed by atoms with Crippen molar-refractivity contribution in [1.29, 1.82) is 0 Å². The van der Waals surface area contributed by atoms with E-state index in [-0.39, 0.29) is 30.4 Å². The normalized spacial score (nSPS) is 22.6. The van der Waals surface area contributed by atoms with E-state index in [1.807, 2.05) is 11.2 Å². The fourth-order valence-corrected chi connectivity index (χ4v) is 3.25. The van der Waals surface area contributed by atoms with E-state index in [9.17, 15) is 4.79 Å². The molecule has 0 saturated carbocycles. The minimum absolute atomic E-state index is 0.0156. The molecule has 2 unspecified atom stereocenters. The van der Waals surface area contributed by atoms with Gasteiger partial charge < -0.3 is 14.4 Å². The number of carbonyl (C=O) groups excluding carboxylic acids is 1. The lowest BCUT2D eigenvalue weighted by Crippen LogP contribution is -2.47. The van der Waals surface area contributed by atoms with E-state index in [4.69, 9.17) is 16.1 Å². The van der Waals surface area contributed by atoms with E-state index in [1.54, 1.807) is 11.1 Å². The first-order valence-electron chi connectivity index (χ1n) is 8.11. The Bertz CT molecular complexity index is 804. The van der Waals surface area contributed by atoms with Crippen LogP contribution in [0.15, 0.2) is 41.2 Å². The molecule has 1 saturated heterocycles. The number of carbonyl (C=O) groups is 1. The Morgan fingerprint density at radius 1 is 1.32 bits per heavy atom. The Hall–Kier alpha value is -2.38. The molecule has 2 aromatic rings. The van der Waals surface area contributed by atoms with Crippen LogP contribution in [0, 0.1) is 6.92 Å². The van der Waals surface area contributed by atoms with Gasteiger partial charge in [-0.25, -0.2) is 5.43 Å². The molecule has 130 valence electrons. The Labute approximate surface area is 150 Å². The van der Waals surface area contributed by atoms with Crippen molar-refractivity contribution >= 4 is 17.5 Å². The van der Waals surface area contributed by atoms with Crippen molar-refractivity contribution in [1.82, 2.24) is 25.5 Å². The summed E-state index contributed by atoms with van der Waals surface area (Å²) < 4.78 is 4.98. The minimum Gasteiger partial charge on any atom is -0.338 e. The number of aromatic nitrogens is 2. The maximum atomic E-state index is 12.8. The quantitative estimate of drug-likeness (QED) is 0.844. The summed E-state index contributed by atoms with van der Waals surface area (Å²) in [7, 11) is 0. The third-order valence-corrected chi connectivity index (χ3v) is 4.72. The molecule has 2 aliphatic rings. The maximum Gasteiger partial charge on any atom is 0.251 e. The monoisotopic (exact) mass is 359 g/mol. The minimum atomic E-state index is -0.240. The van der Waals surface area contributed by atoms with Crippen molar-refractivity contribution < 1.29 is 9.32 Å². The van der Waals surface area contributed by atoms with E-state index in [0.717, 1.165) is 0 Å². The second-order valence-corrected chi connectivity index (χ2v) is 6.52. The van der Waals surface area contributed by atoms with Gasteiger partial charge >= 0.3 is 0 Å². The second-order valence-electron chi connectivity index (χ2n) is 6.25. The summed E-state index contributed by atoms with van der Waals surface area (Å²) in [5.74, 6) is 0.980. The number of benzene rings is 1. The van der Waals surface area contributed by atoms with Crippen LogP contribution in [0.25, 0.3) is 0 Å². The summed E-state index contributed by atoms with van der Waals surface area (Å²) in [6, 6.07) is 8.25. The van der Waals surface area contributed by atoms with Gasteiger partial charge in [0.1, 0.15) is 11.9 Å². The number of hydrogen-bond donors (Lipinski definition) is 1. The number of aryl methyl sites for hydroxylation is 1. The van der Waals surface area contributed by atoms with Gasteiger partial charge in [0.25, 0.3) is 5.91 Å². The molecule has 3 heterocycles. The first kappa shape index (κ1) is 16.1. The van der Waals surface area contributed by atoms with Crippen LogP contribution in [0.2, 0.25) is 0 Å². The Morgan fingerprint density at radius 3 is 2.84 bits per heavy atom. The van der Waals surface area contributed by atoms with Crippen LogP contribution in [0.3, 0.4) is 0 Å². The van der Waals surface area contributed by atoms with Gasteiger partial charge in [-0.05, 0) is 18.9 Å². The molecule has 1 N–H and O–H groups in total. The van der Waals surface area contributed by atoms with Crippen LogP contribution in [-0.2, 0) is 17.2 Å². The second kappa shape index (κ2) is 6.50. The van der Waals surface area contributed by atoms with Crippen molar-refractivity contribution in [3.63, 3.8) is 0 Å². The van der Waals surface area contributed by atoms with Gasteiger partial charge in [-0.1, -0.05) is 35.0 Å². The first-order chi connectivity index (χ1) is 12.1. The van der Waals surface area contributed by atoms with E-state index in [1.165, 1.54) is 11.1 Å². The molecule has 0 bridgehead atoms. The highest BCUT2D eigenvalue weighted by molar-refractivity contribution is 6.16. The largest absolute Gasteiger partial charge is 0.338 e. The fraction of sp³-hybridized carbons (Fsp3) is 0.353. The number of hydrazine groups is 1. The average Bonchev–Trinajstić information content (AvgIpc) is 3.25. The first-order valence-corrected chi connectivity index (χ1v) is 8.65. The lowest BCUT2D eigenvalue weighted by Gasteiger charge is -2.31. The van der Waals surface area contributed by atoms with Gasteiger partial charge in [0.15, 0.2) is 5.82 Å². The van der Waals surface area contributed by atoms with Crippen LogP contribution in [-0.4, -0.2) is 32.0 Å². The van der Waals surface area contributed by atoms with Crippen molar-refractivity contribution in [3.05, 3.63) is 59.5 Å². The van der Waals surface area contributed by atoms with E-state index >= 15 is 0 Å². The number of fused-ring (bicyclic) bond motifs is 1. The molecular formula is C17H18ClN5O2. The molecule has 1 amide bonds. The Balaban J connectivity index is 1.46. The molecule has 1 aromatic heterocycles. The number of nitrogens with one attached hydrogen (secondary N) is 1. The highest BCUT2D eigenvalue weighted by atomic mass is 35.5. The standard InChI is InChI=1S/C17H18ClN5O2/c1-11-2-4-12(5-3-11)13-8-14-17(24)22(6-7-23(14)20-13)10-15-19-16(9-18)25-21-15/h2-7,13-14,20H,8-10H2,1H3. The molecule has 4 rings (SSSR count). The van der Waals surface area contributed by atoms with Gasteiger partial charge in [-0.2, -0.15) is 4.98 Å². The number of alkyl halides is 1. The van der Waals surface area contributed by atoms with Gasteiger partial charge in [0.2, 0.25) is 5.89 Å². The van der Waals surface area contributed by atoms with E-state index in [0.29, 0.717) is 18.1 Å². The van der Waals surface area contributed by atoms with E-state index in [2.05, 4.69) is 46.8 Å². The molecule has 2 aliphatic heterocycles. The lowest BCUT2D eigenvalue weighted by molar-refractivity contribution is -0.135. The Morgan fingerprint density at radius 2 is 2.12 bits per heavy atom. The molecule has 0 radical (unpaired) electrons. The predicted octanol–water partition coefficient (Wildman–Crippen LogP) is 2.25. The number of rotatable bonds is 4. The summed E-state index contributed by atoms with van der Waals surface area (Å²) >= 11 is 5.66. The third kappa shape index (κ3) is 3.12. The summed E-state index contributed by atoms with van der Waals surface area (Å²) in [4.78, 5) is 18.6. The molecule has 2 atom stereocenters. The number of hydrogen-bond acceptors (Lipinski definition) is 6. The summed E-state index contributed by atoms with van der Waals surface area (Å²) in [5.41, 5.74) is 5.79. The third-order valence-electron chi connectivity index (χ3n) is 4.49. The van der Waals surface area contributed by atoms with Crippen molar-refractivity contribution in [2.75, 3.05) is 0 Å². The zero-order chi connectivity index (χ0) is 17.4. The predicted molar refractivity (Wildman–Crippen MR) is 90.8 cm³/mol. The van der Waals surface area contributed by atoms with Gasteiger partial charge in [-0.3, -0.25) is 4.79 Å². The molecule has 8 heteroatoms. The van der Waals surface area contributed by atoms with Crippen LogP contribution >= 0.6 is 11.6 Å². The zero-order valence-electron chi connectivity index (χ0n) is 13.7. The summed E-state index contributed by atoms with van der Waals surface area (Å²) in [5, 5.41) is 5.72. The van der Waals surface area contributed by atoms with Gasteiger partial charge in [0.05, 0.1) is 12.6 Å². The topological polar surface area (TPSA) is 74.5 Å². The molecule has 0 aliphatic carbocycles. The maximum absolute atomic E-state index is 12.8. The van der Waals surface area contributed by atoms with Crippen LogP contribution in [0.4, 0.5) is 0 Å². The van der Waals surface area contributed by atoms with Crippen molar-refractivity contribution in [2.45, 2.75) is 37.9 Å². The Kier molecular flexibility index (Phi) is 4.19. The average molecular weight is 360 g/mol. The number of halogens is 1. The van der Waals surface area contributed by atoms with Gasteiger partial charge in [-0.15, -0.1) is 11.6 Å². The van der Waals surface area contributed by atoms with Crippen LogP contribution in [0.1, 0.15) is 35.3 Å². The van der Waals surface area contributed by atoms with Crippen molar-refractivity contribution in [2.24, 2.45) is 0 Å². The lowest BCUT2D eigenvalue weighted by atomic mass is 10.00. The zero-order valence-corrected chi connectivity index (χ0v) is 14.5. The SMILES string of the molecule is Cc1ccc(C2CC3C(=O)N(Cc4noc(CCl)n4)C=CN3N2)cc1. The van der Waals surface area contributed by atoms with Crippen molar-refractivity contribution in [3.8, 4) is 0 Å². The van der Waals surface area contributed by atoms with E-state index < -0.39 is 0 Å². The van der Waals surface area contributed by atoms with Crippen LogP contribution in [0.5, 0.6) is 0 Å². The highest BCUT2D eigenvalue weighted by Crippen LogP contribution is 2.31. The molecule has 25 heavy (non-hydrogen) atoms. The highest BCUT2D eigenvalue weighted by Gasteiger charge is 2.40. The van der Waals surface area contributed by atoms with Gasteiger partial charge in [0, 0.05) is 12.4 Å². The summed E-state index contributed by atoms with van der Waals surface area (Å²) in [6.07, 6.45) is 4.32. The fourth-order valence-electron chi connectivity index (χ4n) is 3.14. The molecular weight excluding hydrogens is 342 g/mol. The molecule has 7 nitrogen and oxygen atoms in total. The number of amides is 1. The molecule has 1 fully saturated rings. The molecule has 0 spiro atoms.